The van der Waals surface area contributed by atoms with Crippen molar-refractivity contribution < 1.29 is 35.3 Å². The van der Waals surface area contributed by atoms with E-state index in [4.69, 9.17) is 18.3 Å². The Bertz CT molecular complexity index is 1040. The minimum absolute atomic E-state index is 0. The second-order valence-corrected chi connectivity index (χ2v) is 5.83. The zero-order valence-electron chi connectivity index (χ0n) is 17.0. The molecule has 4 rings (SSSR count). The highest BCUT2D eigenvalue weighted by molar-refractivity contribution is 5.91. The fourth-order valence-electron chi connectivity index (χ4n) is 3.37. The smallest absolute Gasteiger partial charge is 0.213 e. The van der Waals surface area contributed by atoms with E-state index in [1.807, 2.05) is 24.4 Å². The second-order valence-electron chi connectivity index (χ2n) is 5.83. The molecule has 0 bridgehead atoms. The van der Waals surface area contributed by atoms with Crippen LogP contribution in [0, 0.1) is 0 Å². The molecule has 0 spiro atoms. The molecule has 3 aromatic rings. The van der Waals surface area contributed by atoms with Gasteiger partial charge in [-0.25, -0.2) is 0 Å². The van der Waals surface area contributed by atoms with Gasteiger partial charge in [-0.1, -0.05) is 6.07 Å². The first-order valence-corrected chi connectivity index (χ1v) is 7.80. The molecule has 5 heteroatoms. The van der Waals surface area contributed by atoms with E-state index in [0.717, 1.165) is 35.4 Å². The molecule has 0 saturated carbocycles. The summed E-state index contributed by atoms with van der Waals surface area (Å²) in [7, 11) is 0.605. The van der Waals surface area contributed by atoms with E-state index >= 15 is 0 Å². The topological polar surface area (TPSA) is 31.6 Å². The quantitative estimate of drug-likeness (QED) is 0.499. The van der Waals surface area contributed by atoms with E-state index in [0.29, 0.717) is 11.1 Å². The van der Waals surface area contributed by atoms with Crippen LogP contribution in [0.4, 0.5) is 0 Å². The summed E-state index contributed by atoms with van der Waals surface area (Å²) in [6.45, 7) is 0.801. The molecule has 0 fully saturated rings. The highest BCUT2D eigenvalue weighted by Gasteiger charge is 2.25. The fraction of sp³-hybridized carbons (Fsp3) is 0.250. The summed E-state index contributed by atoms with van der Waals surface area (Å²) in [6.07, 6.45) is 2.83. The number of nitrogens with zero attached hydrogens (tertiary/aromatic N) is 1. The van der Waals surface area contributed by atoms with E-state index in [-0.39, 0.29) is 18.2 Å². The standard InChI is InChI=1S/C20H20NO3.ClH/c1-22-15-6-4-13-8-9-21-12-17-14(10-18(21)16(13)11-15)5-7-19(23-2)20(17)24-3;/h4-7,10-12H,8-9H2,1-3H3;1H/q+1;/p-1/i3+1D3;. The van der Waals surface area contributed by atoms with Crippen LogP contribution in [0.25, 0.3) is 22.0 Å². The Morgan fingerprint density at radius 2 is 1.92 bits per heavy atom. The average Bonchev–Trinajstić information content (AvgIpc) is 2.65. The minimum Gasteiger partial charge on any atom is -1.00 e. The molecule has 0 radical (unpaired) electrons. The van der Waals surface area contributed by atoms with Crippen molar-refractivity contribution in [2.24, 2.45) is 0 Å². The van der Waals surface area contributed by atoms with Gasteiger partial charge >= 0.3 is 0 Å². The first-order valence-electron chi connectivity index (χ1n) is 9.30. The Balaban J connectivity index is 0.00000225. The monoisotopic (exact) mass is 361 g/mol. The van der Waals surface area contributed by atoms with Gasteiger partial charge in [0.05, 0.1) is 36.3 Å². The molecule has 0 amide bonds. The van der Waals surface area contributed by atoms with Gasteiger partial charge in [0.25, 0.3) is 0 Å². The van der Waals surface area contributed by atoms with Crippen molar-refractivity contribution in [3.05, 3.63) is 48.2 Å². The summed E-state index contributed by atoms with van der Waals surface area (Å²) in [6, 6.07) is 11.8. The van der Waals surface area contributed by atoms with Crippen molar-refractivity contribution in [2.75, 3.05) is 21.3 Å². The Morgan fingerprint density at radius 1 is 1.04 bits per heavy atom. The molecule has 130 valence electrons. The minimum atomic E-state index is -2.55. The van der Waals surface area contributed by atoms with Gasteiger partial charge < -0.3 is 26.6 Å². The van der Waals surface area contributed by atoms with E-state index < -0.39 is 7.04 Å². The van der Waals surface area contributed by atoms with Crippen LogP contribution in [0.15, 0.2) is 42.6 Å². The molecule has 1 aliphatic heterocycles. The number of aryl methyl sites for hydroxylation is 2. The molecule has 1 aliphatic rings. The van der Waals surface area contributed by atoms with E-state index in [1.165, 1.54) is 12.7 Å². The number of halogens is 1. The van der Waals surface area contributed by atoms with Gasteiger partial charge in [-0.15, -0.1) is 0 Å². The van der Waals surface area contributed by atoms with Crippen LogP contribution in [-0.2, 0) is 13.0 Å². The molecule has 0 saturated heterocycles. The number of fused-ring (bicyclic) bond motifs is 4. The molecule has 25 heavy (non-hydrogen) atoms. The van der Waals surface area contributed by atoms with Crippen LogP contribution < -0.4 is 31.2 Å². The zero-order chi connectivity index (χ0) is 19.2. The van der Waals surface area contributed by atoms with Crippen LogP contribution in [0.1, 0.15) is 9.68 Å². The lowest BCUT2D eigenvalue weighted by Crippen LogP contribution is -3.00. The van der Waals surface area contributed by atoms with E-state index in [1.54, 1.807) is 13.2 Å². The predicted molar refractivity (Wildman–Crippen MR) is 92.9 cm³/mol. The first-order chi connectivity index (χ1) is 12.9. The lowest BCUT2D eigenvalue weighted by Gasteiger charge is -2.17. The Morgan fingerprint density at radius 3 is 2.68 bits per heavy atom. The highest BCUT2D eigenvalue weighted by atomic mass is 35.5. The van der Waals surface area contributed by atoms with Gasteiger partial charge in [0.1, 0.15) is 5.75 Å². The molecule has 0 aliphatic carbocycles. The van der Waals surface area contributed by atoms with Crippen molar-refractivity contribution in [3.63, 3.8) is 0 Å². The summed E-state index contributed by atoms with van der Waals surface area (Å²) < 4.78 is 40.5. The Hall–Kier alpha value is -2.46. The molecular weight excluding hydrogens is 339 g/mol. The van der Waals surface area contributed by atoms with Crippen molar-refractivity contribution in [1.29, 1.82) is 0 Å². The number of benzene rings is 2. The predicted octanol–water partition coefficient (Wildman–Crippen LogP) is 0.380. The van der Waals surface area contributed by atoms with Crippen LogP contribution >= 0.6 is 0 Å². The normalized spacial score (nSPS) is 14.2. The van der Waals surface area contributed by atoms with Crippen molar-refractivity contribution in [3.8, 4) is 28.5 Å². The summed E-state index contributed by atoms with van der Waals surface area (Å²) in [5.74, 6) is 1.45. The van der Waals surface area contributed by atoms with Crippen molar-refractivity contribution in [1.82, 2.24) is 0 Å². The fourth-order valence-corrected chi connectivity index (χ4v) is 3.37. The second kappa shape index (κ2) is 6.81. The molecule has 4 nitrogen and oxygen atoms in total. The third-order valence-corrected chi connectivity index (χ3v) is 4.62. The lowest BCUT2D eigenvalue weighted by atomic mass is 9.95. The molecule has 0 N–H and O–H groups in total. The number of pyridine rings is 1. The number of aromatic nitrogens is 1. The van der Waals surface area contributed by atoms with Crippen LogP contribution in [-0.4, -0.2) is 21.3 Å². The number of hydrogen-bond donors (Lipinski definition) is 0. The average molecular weight is 362 g/mol. The summed E-state index contributed by atoms with van der Waals surface area (Å²) in [5.41, 5.74) is 3.45. The molecule has 0 atom stereocenters. The van der Waals surface area contributed by atoms with Crippen molar-refractivity contribution >= 4 is 10.8 Å². The Labute approximate surface area is 157 Å². The number of rotatable bonds is 3. The van der Waals surface area contributed by atoms with Gasteiger partial charge in [-0.05, 0) is 35.2 Å². The van der Waals surface area contributed by atoms with Crippen LogP contribution in [0.3, 0.4) is 0 Å². The maximum Gasteiger partial charge on any atom is 0.213 e. The summed E-state index contributed by atoms with van der Waals surface area (Å²) in [5, 5.41) is 1.59. The zero-order valence-corrected chi connectivity index (χ0v) is 14.8. The lowest BCUT2D eigenvalue weighted by molar-refractivity contribution is -0.686. The van der Waals surface area contributed by atoms with E-state index in [9.17, 15) is 0 Å². The maximum atomic E-state index is 7.48. The molecule has 1 aromatic heterocycles. The molecule has 2 aromatic carbocycles. The van der Waals surface area contributed by atoms with Gasteiger partial charge in [-0.2, -0.15) is 4.57 Å². The van der Waals surface area contributed by atoms with Crippen LogP contribution in [0.2, 0.25) is 0 Å². The van der Waals surface area contributed by atoms with Gasteiger partial charge in [-0.3, -0.25) is 0 Å². The largest absolute Gasteiger partial charge is 1.00 e. The summed E-state index contributed by atoms with van der Waals surface area (Å²) >= 11 is 0. The van der Waals surface area contributed by atoms with Gasteiger partial charge in [0.15, 0.2) is 24.2 Å². The highest BCUT2D eigenvalue weighted by Crippen LogP contribution is 2.37. The summed E-state index contributed by atoms with van der Waals surface area (Å²) in [4.78, 5) is 0. The van der Waals surface area contributed by atoms with Gasteiger partial charge in [0.2, 0.25) is 5.69 Å². The number of ether oxygens (including phenoxy) is 3. The van der Waals surface area contributed by atoms with Crippen molar-refractivity contribution in [2.45, 2.75) is 13.0 Å². The molecule has 2 heterocycles. The van der Waals surface area contributed by atoms with Gasteiger partial charge in [0, 0.05) is 12.5 Å². The third-order valence-electron chi connectivity index (χ3n) is 4.62. The first kappa shape index (κ1) is 13.8. The van der Waals surface area contributed by atoms with Crippen LogP contribution in [0.5, 0.6) is 17.2 Å². The SMILES string of the molecule is [2H][13C]([2H])([2H])Oc1c(OC)ccc2cc3[n+](cc12)CCc1ccc(OC)cc1-3.[Cl-]. The maximum absolute atomic E-state index is 7.48. The number of methoxy groups -OCH3 is 3. The molecule has 0 unspecified atom stereocenters. The van der Waals surface area contributed by atoms with E-state index in [2.05, 4.69) is 16.7 Å². The molecular formula is C20H20ClNO3. The third kappa shape index (κ3) is 2.76. The Kier molecular flexibility index (Phi) is 3.75. The number of hydrogen-bond acceptors (Lipinski definition) is 3.